The van der Waals surface area contributed by atoms with E-state index in [2.05, 4.69) is 29.8 Å². The summed E-state index contributed by atoms with van der Waals surface area (Å²) in [5, 5.41) is 0. The van der Waals surface area contributed by atoms with Crippen LogP contribution >= 0.6 is 15.9 Å². The quantitative estimate of drug-likeness (QED) is 0.689. The van der Waals surface area contributed by atoms with E-state index in [-0.39, 0.29) is 5.82 Å². The van der Waals surface area contributed by atoms with Crippen molar-refractivity contribution in [3.05, 3.63) is 35.6 Å². The van der Waals surface area contributed by atoms with Crippen LogP contribution < -0.4 is 0 Å². The van der Waals surface area contributed by atoms with Crippen LogP contribution in [-0.4, -0.2) is 4.83 Å². The lowest BCUT2D eigenvalue weighted by atomic mass is 9.94. The standard InChI is InChI=1S/C13H18BrF/c1-3-10(4-2)12(14)9-11-7-5-6-8-13(11)15/h5-8,10,12H,3-4,9H2,1-2H3. The molecule has 0 aromatic heterocycles. The van der Waals surface area contributed by atoms with E-state index in [1.165, 1.54) is 6.07 Å². The Balaban J connectivity index is 2.65. The van der Waals surface area contributed by atoms with Crippen molar-refractivity contribution in [2.24, 2.45) is 5.92 Å². The largest absolute Gasteiger partial charge is 0.207 e. The van der Waals surface area contributed by atoms with E-state index < -0.39 is 0 Å². The van der Waals surface area contributed by atoms with Gasteiger partial charge in [-0.15, -0.1) is 0 Å². The molecule has 0 saturated carbocycles. The third-order valence-corrected chi connectivity index (χ3v) is 4.00. The molecule has 0 radical (unpaired) electrons. The summed E-state index contributed by atoms with van der Waals surface area (Å²) in [7, 11) is 0. The van der Waals surface area contributed by atoms with Crippen LogP contribution in [-0.2, 0) is 6.42 Å². The number of alkyl halides is 1. The van der Waals surface area contributed by atoms with E-state index in [9.17, 15) is 4.39 Å². The molecule has 0 N–H and O–H groups in total. The van der Waals surface area contributed by atoms with Gasteiger partial charge in [0.05, 0.1) is 0 Å². The zero-order valence-electron chi connectivity index (χ0n) is 9.34. The predicted octanol–water partition coefficient (Wildman–Crippen LogP) is 4.57. The Labute approximate surface area is 100 Å². The Morgan fingerprint density at radius 1 is 1.20 bits per heavy atom. The highest BCUT2D eigenvalue weighted by Gasteiger charge is 2.16. The fourth-order valence-electron chi connectivity index (χ4n) is 1.84. The van der Waals surface area contributed by atoms with Gasteiger partial charge in [0, 0.05) is 4.83 Å². The Morgan fingerprint density at radius 3 is 2.33 bits per heavy atom. The number of benzene rings is 1. The van der Waals surface area contributed by atoms with E-state index in [0.29, 0.717) is 10.7 Å². The summed E-state index contributed by atoms with van der Waals surface area (Å²) in [5.74, 6) is 0.539. The first-order valence-corrected chi connectivity index (χ1v) is 6.48. The Hall–Kier alpha value is -0.370. The van der Waals surface area contributed by atoms with Crippen LogP contribution in [0.4, 0.5) is 4.39 Å². The number of hydrogen-bond donors (Lipinski definition) is 0. The molecule has 0 fully saturated rings. The third kappa shape index (κ3) is 3.60. The molecular weight excluding hydrogens is 255 g/mol. The Bertz CT molecular complexity index is 294. The second kappa shape index (κ2) is 6.26. The van der Waals surface area contributed by atoms with Crippen LogP contribution in [0.2, 0.25) is 0 Å². The molecule has 0 saturated heterocycles. The van der Waals surface area contributed by atoms with Crippen LogP contribution in [0.5, 0.6) is 0 Å². The Kier molecular flexibility index (Phi) is 5.30. The highest BCUT2D eigenvalue weighted by atomic mass is 79.9. The third-order valence-electron chi connectivity index (χ3n) is 2.93. The molecule has 0 aliphatic carbocycles. The van der Waals surface area contributed by atoms with Gasteiger partial charge in [-0.05, 0) is 24.0 Å². The first kappa shape index (κ1) is 12.7. The van der Waals surface area contributed by atoms with Crippen LogP contribution in [0, 0.1) is 11.7 Å². The van der Waals surface area contributed by atoms with Crippen LogP contribution in [0.25, 0.3) is 0 Å². The molecule has 0 amide bonds. The van der Waals surface area contributed by atoms with Gasteiger partial charge in [-0.2, -0.15) is 0 Å². The lowest BCUT2D eigenvalue weighted by Gasteiger charge is -2.19. The summed E-state index contributed by atoms with van der Waals surface area (Å²) in [6.45, 7) is 4.37. The zero-order valence-corrected chi connectivity index (χ0v) is 10.9. The van der Waals surface area contributed by atoms with E-state index in [1.807, 2.05) is 12.1 Å². The number of halogens is 2. The summed E-state index contributed by atoms with van der Waals surface area (Å²) in [4.78, 5) is 0.379. The molecular formula is C13H18BrF. The molecule has 0 bridgehead atoms. The predicted molar refractivity (Wildman–Crippen MR) is 66.9 cm³/mol. The van der Waals surface area contributed by atoms with Crippen molar-refractivity contribution in [2.45, 2.75) is 37.9 Å². The maximum absolute atomic E-state index is 13.4. The number of rotatable bonds is 5. The van der Waals surface area contributed by atoms with E-state index in [0.717, 1.165) is 24.8 Å². The first-order chi connectivity index (χ1) is 7.19. The average Bonchev–Trinajstić information content (AvgIpc) is 2.23. The maximum atomic E-state index is 13.4. The van der Waals surface area contributed by atoms with Crippen molar-refractivity contribution in [1.82, 2.24) is 0 Å². The van der Waals surface area contributed by atoms with E-state index in [4.69, 9.17) is 0 Å². The minimum atomic E-state index is -0.0899. The lowest BCUT2D eigenvalue weighted by Crippen LogP contribution is -2.16. The van der Waals surface area contributed by atoms with Gasteiger partial charge in [0.15, 0.2) is 0 Å². The van der Waals surface area contributed by atoms with Crippen molar-refractivity contribution >= 4 is 15.9 Å². The van der Waals surface area contributed by atoms with Crippen molar-refractivity contribution in [3.63, 3.8) is 0 Å². The first-order valence-electron chi connectivity index (χ1n) is 5.56. The van der Waals surface area contributed by atoms with Crippen LogP contribution in [0.15, 0.2) is 24.3 Å². The zero-order chi connectivity index (χ0) is 11.3. The summed E-state index contributed by atoms with van der Waals surface area (Å²) in [6.07, 6.45) is 3.06. The van der Waals surface area contributed by atoms with E-state index in [1.54, 1.807) is 6.07 Å². The minimum absolute atomic E-state index is 0.0899. The summed E-state index contributed by atoms with van der Waals surface area (Å²) >= 11 is 3.67. The van der Waals surface area contributed by atoms with Gasteiger partial charge in [0.2, 0.25) is 0 Å². The Morgan fingerprint density at radius 2 is 1.80 bits per heavy atom. The highest BCUT2D eigenvalue weighted by molar-refractivity contribution is 9.09. The summed E-state index contributed by atoms with van der Waals surface area (Å²) in [6, 6.07) is 7.03. The molecule has 0 spiro atoms. The second-order valence-corrected chi connectivity index (χ2v) is 5.06. The molecule has 0 aliphatic rings. The van der Waals surface area contributed by atoms with Crippen LogP contribution in [0.1, 0.15) is 32.3 Å². The molecule has 1 atom stereocenters. The SMILES string of the molecule is CCC(CC)C(Br)Cc1ccccc1F. The normalized spacial score (nSPS) is 13.1. The minimum Gasteiger partial charge on any atom is -0.207 e. The van der Waals surface area contributed by atoms with Crippen molar-refractivity contribution in [3.8, 4) is 0 Å². The fraction of sp³-hybridized carbons (Fsp3) is 0.538. The second-order valence-electron chi connectivity index (χ2n) is 3.89. The molecule has 15 heavy (non-hydrogen) atoms. The van der Waals surface area contributed by atoms with Gasteiger partial charge in [-0.3, -0.25) is 0 Å². The summed E-state index contributed by atoms with van der Waals surface area (Å²) in [5.41, 5.74) is 0.811. The molecule has 1 unspecified atom stereocenters. The molecule has 1 aromatic carbocycles. The van der Waals surface area contributed by atoms with Crippen LogP contribution in [0.3, 0.4) is 0 Å². The molecule has 84 valence electrons. The smallest absolute Gasteiger partial charge is 0.126 e. The molecule has 0 aliphatic heterocycles. The van der Waals surface area contributed by atoms with Gasteiger partial charge in [0.1, 0.15) is 5.82 Å². The molecule has 2 heteroatoms. The monoisotopic (exact) mass is 272 g/mol. The van der Waals surface area contributed by atoms with Crippen molar-refractivity contribution in [2.75, 3.05) is 0 Å². The summed E-state index contributed by atoms with van der Waals surface area (Å²) < 4.78 is 13.4. The van der Waals surface area contributed by atoms with E-state index >= 15 is 0 Å². The van der Waals surface area contributed by atoms with Gasteiger partial charge < -0.3 is 0 Å². The fourth-order valence-corrected chi connectivity index (χ4v) is 2.94. The lowest BCUT2D eigenvalue weighted by molar-refractivity contribution is 0.469. The maximum Gasteiger partial charge on any atom is 0.126 e. The van der Waals surface area contributed by atoms with Crippen molar-refractivity contribution in [1.29, 1.82) is 0 Å². The molecule has 1 aromatic rings. The van der Waals surface area contributed by atoms with Crippen molar-refractivity contribution < 1.29 is 4.39 Å². The highest BCUT2D eigenvalue weighted by Crippen LogP contribution is 2.24. The molecule has 0 heterocycles. The number of hydrogen-bond acceptors (Lipinski definition) is 0. The van der Waals surface area contributed by atoms with Gasteiger partial charge >= 0.3 is 0 Å². The van der Waals surface area contributed by atoms with Gasteiger partial charge in [-0.1, -0.05) is 60.8 Å². The average molecular weight is 273 g/mol. The molecule has 0 nitrogen and oxygen atoms in total. The van der Waals surface area contributed by atoms with Gasteiger partial charge in [0.25, 0.3) is 0 Å². The topological polar surface area (TPSA) is 0 Å². The molecule has 1 rings (SSSR count). The van der Waals surface area contributed by atoms with Gasteiger partial charge in [-0.25, -0.2) is 4.39 Å².